The van der Waals surface area contributed by atoms with Crippen molar-refractivity contribution >= 4 is 0 Å². The Balaban J connectivity index is 0.000000573. The Morgan fingerprint density at radius 2 is 1.47 bits per heavy atom. The average Bonchev–Trinajstić information content (AvgIpc) is 2.42. The maximum absolute atomic E-state index is 12.9. The Hall–Kier alpha value is -1.38. The van der Waals surface area contributed by atoms with Crippen LogP contribution >= 0.6 is 0 Å². The first-order valence-electron chi connectivity index (χ1n) is 6.96. The van der Waals surface area contributed by atoms with E-state index in [2.05, 4.69) is 12.3 Å². The lowest BCUT2D eigenvalue weighted by atomic mass is 9.84. The third kappa shape index (κ3) is 6.94. The van der Waals surface area contributed by atoms with Crippen LogP contribution < -0.4 is 5.73 Å². The van der Waals surface area contributed by atoms with E-state index in [-0.39, 0.29) is 0 Å². The minimum atomic E-state index is -0.453. The molecule has 1 aromatic rings. The molecule has 0 aromatic heterocycles. The van der Waals surface area contributed by atoms with Gasteiger partial charge in [-0.25, -0.2) is 8.78 Å². The molecule has 0 heterocycles. The third-order valence-corrected chi connectivity index (χ3v) is 2.96. The molecule has 0 spiro atoms. The van der Waals surface area contributed by atoms with Crippen molar-refractivity contribution in [1.29, 1.82) is 0 Å². The maximum atomic E-state index is 12.9. The van der Waals surface area contributed by atoms with Crippen LogP contribution in [0.15, 0.2) is 31.0 Å². The van der Waals surface area contributed by atoms with E-state index in [1.165, 1.54) is 37.6 Å². The molecule has 0 radical (unpaired) electrons. The lowest BCUT2D eigenvalue weighted by molar-refractivity contribution is 0.439. The van der Waals surface area contributed by atoms with Crippen LogP contribution in [-0.4, -0.2) is 0 Å². The van der Waals surface area contributed by atoms with Gasteiger partial charge < -0.3 is 5.73 Å². The number of hydrogen-bond donors (Lipinski definition) is 1. The van der Waals surface area contributed by atoms with Gasteiger partial charge in [0.05, 0.1) is 0 Å². The third-order valence-electron chi connectivity index (χ3n) is 2.96. The fraction of sp³-hybridized carbons (Fsp3) is 0.500. The molecule has 1 aliphatic rings. The van der Waals surface area contributed by atoms with Crippen LogP contribution in [0.1, 0.15) is 57.4 Å². The predicted octanol–water partition coefficient (Wildman–Crippen LogP) is 5.13. The fourth-order valence-corrected chi connectivity index (χ4v) is 2.25. The molecular formula is C16H25F2N. The van der Waals surface area contributed by atoms with Gasteiger partial charge in [0.15, 0.2) is 0 Å². The zero-order valence-corrected chi connectivity index (χ0v) is 12.0. The number of nitrogens with two attached hydrogens (primary N) is 1. The summed E-state index contributed by atoms with van der Waals surface area (Å²) < 4.78 is 25.9. The summed E-state index contributed by atoms with van der Waals surface area (Å²) in [5.41, 5.74) is 5.45. The van der Waals surface area contributed by atoms with Gasteiger partial charge in [-0.3, -0.25) is 0 Å². The highest BCUT2D eigenvalue weighted by molar-refractivity contribution is 5.22. The fourth-order valence-electron chi connectivity index (χ4n) is 2.25. The Labute approximate surface area is 115 Å². The number of halogens is 2. The van der Waals surface area contributed by atoms with Crippen molar-refractivity contribution in [2.45, 2.75) is 51.9 Å². The van der Waals surface area contributed by atoms with Gasteiger partial charge >= 0.3 is 0 Å². The molecule has 0 atom stereocenters. The van der Waals surface area contributed by atoms with Crippen molar-refractivity contribution in [1.82, 2.24) is 0 Å². The lowest BCUT2D eigenvalue weighted by Gasteiger charge is -2.21. The molecule has 19 heavy (non-hydrogen) atoms. The molecule has 0 bridgehead atoms. The van der Waals surface area contributed by atoms with E-state index in [1.807, 2.05) is 13.8 Å². The number of hydrogen-bond acceptors (Lipinski definition) is 1. The quantitative estimate of drug-likeness (QED) is 0.751. The lowest BCUT2D eigenvalue weighted by Crippen LogP contribution is -2.05. The molecular weight excluding hydrogens is 244 g/mol. The Bertz CT molecular complexity index is 338. The van der Waals surface area contributed by atoms with Crippen LogP contribution in [0.5, 0.6) is 0 Å². The van der Waals surface area contributed by atoms with Gasteiger partial charge in [-0.05, 0) is 42.7 Å². The second-order valence-electron chi connectivity index (χ2n) is 4.27. The van der Waals surface area contributed by atoms with Crippen LogP contribution in [0.25, 0.3) is 0 Å². The zero-order chi connectivity index (χ0) is 14.7. The van der Waals surface area contributed by atoms with Crippen LogP contribution in [0.2, 0.25) is 0 Å². The number of benzene rings is 1. The van der Waals surface area contributed by atoms with Crippen molar-refractivity contribution in [3.05, 3.63) is 48.2 Å². The summed E-state index contributed by atoms with van der Waals surface area (Å²) in [6.07, 6.45) is 7.02. The highest BCUT2D eigenvalue weighted by atomic mass is 19.1. The Morgan fingerprint density at radius 1 is 1.05 bits per heavy atom. The zero-order valence-electron chi connectivity index (χ0n) is 12.0. The van der Waals surface area contributed by atoms with Crippen LogP contribution in [0.4, 0.5) is 8.78 Å². The van der Waals surface area contributed by atoms with Crippen molar-refractivity contribution in [2.75, 3.05) is 0 Å². The molecule has 0 aliphatic heterocycles. The second-order valence-corrected chi connectivity index (χ2v) is 4.27. The van der Waals surface area contributed by atoms with Crippen LogP contribution in [0.3, 0.4) is 0 Å². The van der Waals surface area contributed by atoms with Gasteiger partial charge in [-0.15, -0.1) is 0 Å². The molecule has 3 heteroatoms. The van der Waals surface area contributed by atoms with E-state index >= 15 is 0 Å². The first-order chi connectivity index (χ1) is 9.17. The summed E-state index contributed by atoms with van der Waals surface area (Å²) in [6, 6.07) is 3.88. The standard InChI is InChI=1S/C12H14F2.C2H5N.C2H6/c13-11-6-10(7-12(14)8-11)9-4-2-1-3-5-9;1-2-3;1-2/h6-9H,1-5H2;2H,1,3H2;1-2H3. The second kappa shape index (κ2) is 10.5. The van der Waals surface area contributed by atoms with Gasteiger partial charge in [0, 0.05) is 6.07 Å². The minimum absolute atomic E-state index is 0.369. The molecule has 0 unspecified atom stereocenters. The minimum Gasteiger partial charge on any atom is -0.405 e. The van der Waals surface area contributed by atoms with E-state index in [0.29, 0.717) is 5.92 Å². The Kier molecular flexibility index (Phi) is 9.77. The van der Waals surface area contributed by atoms with Gasteiger partial charge in [0.2, 0.25) is 0 Å². The molecule has 0 amide bonds. The van der Waals surface area contributed by atoms with Gasteiger partial charge in [-0.1, -0.05) is 39.7 Å². The topological polar surface area (TPSA) is 26.0 Å². The van der Waals surface area contributed by atoms with Crippen molar-refractivity contribution < 1.29 is 8.78 Å². The molecule has 1 nitrogen and oxygen atoms in total. The van der Waals surface area contributed by atoms with E-state index in [0.717, 1.165) is 24.5 Å². The Morgan fingerprint density at radius 3 is 1.89 bits per heavy atom. The van der Waals surface area contributed by atoms with Crippen LogP contribution in [-0.2, 0) is 0 Å². The van der Waals surface area contributed by atoms with Crippen molar-refractivity contribution in [3.63, 3.8) is 0 Å². The maximum Gasteiger partial charge on any atom is 0.126 e. The molecule has 2 N–H and O–H groups in total. The van der Waals surface area contributed by atoms with Gasteiger partial charge in [0.25, 0.3) is 0 Å². The summed E-state index contributed by atoms with van der Waals surface area (Å²) in [5.74, 6) is -0.537. The highest BCUT2D eigenvalue weighted by Crippen LogP contribution is 2.33. The molecule has 0 saturated heterocycles. The van der Waals surface area contributed by atoms with Crippen LogP contribution in [0, 0.1) is 11.6 Å². The number of rotatable bonds is 1. The predicted molar refractivity (Wildman–Crippen MR) is 77.9 cm³/mol. The summed E-state index contributed by atoms with van der Waals surface area (Å²) in [7, 11) is 0. The first-order valence-corrected chi connectivity index (χ1v) is 6.96. The molecule has 1 saturated carbocycles. The molecule has 108 valence electrons. The summed E-state index contributed by atoms with van der Waals surface area (Å²) in [5, 5.41) is 0. The first kappa shape index (κ1) is 17.6. The highest BCUT2D eigenvalue weighted by Gasteiger charge is 2.16. The van der Waals surface area contributed by atoms with E-state index in [4.69, 9.17) is 0 Å². The molecule has 1 aliphatic carbocycles. The van der Waals surface area contributed by atoms with E-state index in [1.54, 1.807) is 0 Å². The molecule has 1 fully saturated rings. The molecule has 1 aromatic carbocycles. The largest absolute Gasteiger partial charge is 0.405 e. The normalized spacial score (nSPS) is 14.5. The van der Waals surface area contributed by atoms with Crippen molar-refractivity contribution in [2.24, 2.45) is 5.73 Å². The van der Waals surface area contributed by atoms with Gasteiger partial charge in [-0.2, -0.15) is 0 Å². The smallest absolute Gasteiger partial charge is 0.126 e. The molecule has 2 rings (SSSR count). The van der Waals surface area contributed by atoms with E-state index < -0.39 is 11.6 Å². The summed E-state index contributed by atoms with van der Waals surface area (Å²) in [6.45, 7) is 7.14. The average molecular weight is 269 g/mol. The SMILES string of the molecule is C=CN.CC.Fc1cc(F)cc(C2CCCCC2)c1. The summed E-state index contributed by atoms with van der Waals surface area (Å²) >= 11 is 0. The van der Waals surface area contributed by atoms with Gasteiger partial charge in [0.1, 0.15) is 11.6 Å². The van der Waals surface area contributed by atoms with E-state index in [9.17, 15) is 8.78 Å². The summed E-state index contributed by atoms with van der Waals surface area (Å²) in [4.78, 5) is 0. The van der Waals surface area contributed by atoms with Crippen molar-refractivity contribution in [3.8, 4) is 0 Å². The monoisotopic (exact) mass is 269 g/mol.